The van der Waals surface area contributed by atoms with Crippen LogP contribution in [0.5, 0.6) is 5.75 Å². The fraction of sp³-hybridized carbons (Fsp3) is 0.538. The lowest BCUT2D eigenvalue weighted by atomic mass is 10.2. The zero-order chi connectivity index (χ0) is 11.6. The lowest BCUT2D eigenvalue weighted by Gasteiger charge is -2.06. The van der Waals surface area contributed by atoms with Gasteiger partial charge in [-0.15, -0.1) is 0 Å². The minimum atomic E-state index is 0.591. The standard InChI is InChI=1S/C13H21NOS/c1-2-9-16-10-3-8-15-13-6-4-12(11-14)5-7-13/h4-7H,2-3,8-11,14H2,1H3. The monoisotopic (exact) mass is 239 g/mol. The van der Waals surface area contributed by atoms with Gasteiger partial charge in [0.25, 0.3) is 0 Å². The summed E-state index contributed by atoms with van der Waals surface area (Å²) >= 11 is 2.00. The Hall–Kier alpha value is -0.670. The number of benzene rings is 1. The minimum absolute atomic E-state index is 0.591. The van der Waals surface area contributed by atoms with E-state index in [9.17, 15) is 0 Å². The van der Waals surface area contributed by atoms with E-state index in [2.05, 4.69) is 6.92 Å². The van der Waals surface area contributed by atoms with Gasteiger partial charge < -0.3 is 10.5 Å². The van der Waals surface area contributed by atoms with Crippen molar-refractivity contribution in [3.63, 3.8) is 0 Å². The number of hydrogen-bond donors (Lipinski definition) is 1. The van der Waals surface area contributed by atoms with Crippen molar-refractivity contribution in [3.8, 4) is 5.75 Å². The Balaban J connectivity index is 2.12. The van der Waals surface area contributed by atoms with Crippen molar-refractivity contribution < 1.29 is 4.74 Å². The van der Waals surface area contributed by atoms with Crippen molar-refractivity contribution in [2.24, 2.45) is 5.73 Å². The van der Waals surface area contributed by atoms with Crippen LogP contribution in [0.2, 0.25) is 0 Å². The first-order chi connectivity index (χ1) is 7.86. The fourth-order valence-corrected chi connectivity index (χ4v) is 2.13. The molecule has 0 aromatic heterocycles. The zero-order valence-electron chi connectivity index (χ0n) is 9.95. The summed E-state index contributed by atoms with van der Waals surface area (Å²) in [6.45, 7) is 3.61. The molecule has 0 saturated carbocycles. The average molecular weight is 239 g/mol. The van der Waals surface area contributed by atoms with Gasteiger partial charge in [0.05, 0.1) is 6.61 Å². The third-order valence-electron chi connectivity index (χ3n) is 2.21. The molecule has 2 N–H and O–H groups in total. The number of rotatable bonds is 8. The highest BCUT2D eigenvalue weighted by Gasteiger charge is 1.94. The van der Waals surface area contributed by atoms with E-state index in [-0.39, 0.29) is 0 Å². The molecule has 16 heavy (non-hydrogen) atoms. The summed E-state index contributed by atoms with van der Waals surface area (Å²) in [7, 11) is 0. The molecule has 0 amide bonds. The third-order valence-corrected chi connectivity index (χ3v) is 3.48. The first-order valence-corrected chi connectivity index (χ1v) is 7.02. The molecule has 0 heterocycles. The molecule has 0 aliphatic carbocycles. The normalized spacial score (nSPS) is 10.4. The Morgan fingerprint density at radius 3 is 2.56 bits per heavy atom. The highest BCUT2D eigenvalue weighted by Crippen LogP contribution is 2.12. The summed E-state index contributed by atoms with van der Waals surface area (Å²) in [6.07, 6.45) is 2.37. The molecule has 0 aliphatic rings. The van der Waals surface area contributed by atoms with Crippen LogP contribution in [-0.4, -0.2) is 18.1 Å². The van der Waals surface area contributed by atoms with E-state index in [1.807, 2.05) is 36.0 Å². The smallest absolute Gasteiger partial charge is 0.119 e. The Bertz CT molecular complexity index is 274. The molecule has 1 aromatic carbocycles. The van der Waals surface area contributed by atoms with E-state index >= 15 is 0 Å². The quantitative estimate of drug-likeness (QED) is 0.708. The van der Waals surface area contributed by atoms with Gasteiger partial charge in [0.15, 0.2) is 0 Å². The molecular weight excluding hydrogens is 218 g/mol. The summed E-state index contributed by atoms with van der Waals surface area (Å²) in [5, 5.41) is 0. The summed E-state index contributed by atoms with van der Waals surface area (Å²) in [6, 6.07) is 8.01. The number of thioether (sulfide) groups is 1. The lowest BCUT2D eigenvalue weighted by Crippen LogP contribution is -2.00. The Morgan fingerprint density at radius 1 is 1.19 bits per heavy atom. The van der Waals surface area contributed by atoms with Gasteiger partial charge in [0.1, 0.15) is 5.75 Å². The van der Waals surface area contributed by atoms with E-state index in [1.165, 1.54) is 17.9 Å². The molecule has 1 aromatic rings. The second-order valence-corrected chi connectivity index (χ2v) is 4.89. The molecule has 3 heteroatoms. The van der Waals surface area contributed by atoms with E-state index < -0.39 is 0 Å². The van der Waals surface area contributed by atoms with Crippen molar-refractivity contribution in [1.82, 2.24) is 0 Å². The van der Waals surface area contributed by atoms with Crippen molar-refractivity contribution in [1.29, 1.82) is 0 Å². The first-order valence-electron chi connectivity index (χ1n) is 5.86. The van der Waals surface area contributed by atoms with Gasteiger partial charge in [-0.05, 0) is 42.0 Å². The molecule has 0 saturated heterocycles. The van der Waals surface area contributed by atoms with Gasteiger partial charge in [-0.2, -0.15) is 11.8 Å². The summed E-state index contributed by atoms with van der Waals surface area (Å²) in [5.74, 6) is 3.39. The molecule has 1 rings (SSSR count). The van der Waals surface area contributed by atoms with Crippen LogP contribution in [-0.2, 0) is 6.54 Å². The predicted molar refractivity (Wildman–Crippen MR) is 72.1 cm³/mol. The van der Waals surface area contributed by atoms with Crippen LogP contribution >= 0.6 is 11.8 Å². The molecular formula is C13H21NOS. The highest BCUT2D eigenvalue weighted by atomic mass is 32.2. The maximum atomic E-state index is 5.63. The van der Waals surface area contributed by atoms with Crippen LogP contribution in [0.25, 0.3) is 0 Å². The second kappa shape index (κ2) is 8.48. The maximum absolute atomic E-state index is 5.63. The summed E-state index contributed by atoms with van der Waals surface area (Å²) in [5.41, 5.74) is 6.67. The van der Waals surface area contributed by atoms with Gasteiger partial charge in [-0.3, -0.25) is 0 Å². The number of nitrogens with two attached hydrogens (primary N) is 1. The maximum Gasteiger partial charge on any atom is 0.119 e. The van der Waals surface area contributed by atoms with E-state index in [1.54, 1.807) is 0 Å². The topological polar surface area (TPSA) is 35.2 Å². The summed E-state index contributed by atoms with van der Waals surface area (Å²) < 4.78 is 5.63. The van der Waals surface area contributed by atoms with Gasteiger partial charge >= 0.3 is 0 Å². The Morgan fingerprint density at radius 2 is 1.94 bits per heavy atom. The van der Waals surface area contributed by atoms with Crippen LogP contribution in [0.15, 0.2) is 24.3 Å². The lowest BCUT2D eigenvalue weighted by molar-refractivity contribution is 0.318. The molecule has 0 unspecified atom stereocenters. The number of ether oxygens (including phenoxy) is 1. The molecule has 0 aliphatic heterocycles. The van der Waals surface area contributed by atoms with Crippen LogP contribution in [0, 0.1) is 0 Å². The molecule has 2 nitrogen and oxygen atoms in total. The Kier molecular flexibility index (Phi) is 7.10. The van der Waals surface area contributed by atoms with E-state index in [0.29, 0.717) is 6.54 Å². The van der Waals surface area contributed by atoms with Crippen molar-refractivity contribution in [2.75, 3.05) is 18.1 Å². The SMILES string of the molecule is CCCSCCCOc1ccc(CN)cc1. The van der Waals surface area contributed by atoms with Gasteiger partial charge in [-0.1, -0.05) is 19.1 Å². The van der Waals surface area contributed by atoms with Crippen LogP contribution in [0.3, 0.4) is 0 Å². The van der Waals surface area contributed by atoms with Gasteiger partial charge in [0, 0.05) is 6.54 Å². The predicted octanol–water partition coefficient (Wildman–Crippen LogP) is 3.06. The third kappa shape index (κ3) is 5.42. The Labute approximate surface area is 103 Å². The highest BCUT2D eigenvalue weighted by molar-refractivity contribution is 7.99. The van der Waals surface area contributed by atoms with Crippen LogP contribution in [0.4, 0.5) is 0 Å². The molecule has 0 atom stereocenters. The van der Waals surface area contributed by atoms with Crippen molar-refractivity contribution in [3.05, 3.63) is 29.8 Å². The van der Waals surface area contributed by atoms with Gasteiger partial charge in [0.2, 0.25) is 0 Å². The van der Waals surface area contributed by atoms with Gasteiger partial charge in [-0.25, -0.2) is 0 Å². The minimum Gasteiger partial charge on any atom is -0.494 e. The average Bonchev–Trinajstić information content (AvgIpc) is 2.34. The fourth-order valence-electron chi connectivity index (χ4n) is 1.32. The summed E-state index contributed by atoms with van der Waals surface area (Å²) in [4.78, 5) is 0. The largest absolute Gasteiger partial charge is 0.494 e. The molecule has 0 bridgehead atoms. The van der Waals surface area contributed by atoms with Crippen molar-refractivity contribution in [2.45, 2.75) is 26.3 Å². The van der Waals surface area contributed by atoms with Crippen molar-refractivity contribution >= 4 is 11.8 Å². The molecule has 0 fully saturated rings. The molecule has 90 valence electrons. The van der Waals surface area contributed by atoms with E-state index in [4.69, 9.17) is 10.5 Å². The zero-order valence-corrected chi connectivity index (χ0v) is 10.8. The molecule has 0 radical (unpaired) electrons. The van der Waals surface area contributed by atoms with Crippen LogP contribution in [0.1, 0.15) is 25.3 Å². The molecule has 0 spiro atoms. The first kappa shape index (κ1) is 13.4. The van der Waals surface area contributed by atoms with Crippen LogP contribution < -0.4 is 10.5 Å². The van der Waals surface area contributed by atoms with E-state index in [0.717, 1.165) is 24.3 Å². The number of hydrogen-bond acceptors (Lipinski definition) is 3. The second-order valence-electron chi connectivity index (χ2n) is 3.66.